The molecular formula is C14H16ClFN4. The third-order valence-corrected chi connectivity index (χ3v) is 3.32. The molecule has 2 rings (SSSR count). The molecule has 0 unspecified atom stereocenters. The third kappa shape index (κ3) is 2.88. The molecule has 0 aliphatic heterocycles. The van der Waals surface area contributed by atoms with Gasteiger partial charge in [-0.15, -0.1) is 0 Å². The monoisotopic (exact) mass is 294 g/mol. The van der Waals surface area contributed by atoms with Gasteiger partial charge in [-0.25, -0.2) is 4.39 Å². The molecule has 2 aromatic rings. The van der Waals surface area contributed by atoms with Gasteiger partial charge in [-0.2, -0.15) is 15.0 Å². The van der Waals surface area contributed by atoms with Gasteiger partial charge in [0.1, 0.15) is 5.82 Å². The predicted octanol–water partition coefficient (Wildman–Crippen LogP) is 3.49. The molecule has 0 fully saturated rings. The maximum Gasteiger partial charge on any atom is 0.230 e. The van der Waals surface area contributed by atoms with Gasteiger partial charge in [-0.1, -0.05) is 12.1 Å². The first-order chi connectivity index (χ1) is 9.56. The van der Waals surface area contributed by atoms with Gasteiger partial charge in [0.25, 0.3) is 0 Å². The van der Waals surface area contributed by atoms with Crippen molar-refractivity contribution in [3.63, 3.8) is 0 Å². The number of nitrogens with zero attached hydrogens (tertiary/aromatic N) is 4. The zero-order valence-corrected chi connectivity index (χ0v) is 12.4. The Labute approximate surface area is 122 Å². The van der Waals surface area contributed by atoms with Crippen LogP contribution in [-0.2, 0) is 0 Å². The summed E-state index contributed by atoms with van der Waals surface area (Å²) >= 11 is 5.97. The summed E-state index contributed by atoms with van der Waals surface area (Å²) in [6.07, 6.45) is 0. The number of anilines is 1. The Morgan fingerprint density at radius 2 is 1.85 bits per heavy atom. The quantitative estimate of drug-likeness (QED) is 0.866. The van der Waals surface area contributed by atoms with E-state index in [2.05, 4.69) is 15.0 Å². The second kappa shape index (κ2) is 6.13. The van der Waals surface area contributed by atoms with Crippen molar-refractivity contribution >= 4 is 17.5 Å². The summed E-state index contributed by atoms with van der Waals surface area (Å²) in [7, 11) is 0. The smallest absolute Gasteiger partial charge is 0.230 e. The molecule has 4 nitrogen and oxygen atoms in total. The van der Waals surface area contributed by atoms with Gasteiger partial charge in [-0.3, -0.25) is 0 Å². The summed E-state index contributed by atoms with van der Waals surface area (Å²) in [5, 5.41) is 0.112. The molecule has 0 spiro atoms. The lowest BCUT2D eigenvalue weighted by Gasteiger charge is -2.19. The standard InChI is InChI=1S/C14H16ClFN4/c1-4-20(5-2)14-18-12(17-13(15)19-14)10-7-6-8-11(16)9(10)3/h6-8H,4-5H2,1-3H3. The van der Waals surface area contributed by atoms with Crippen molar-refractivity contribution in [1.82, 2.24) is 15.0 Å². The van der Waals surface area contributed by atoms with Crippen molar-refractivity contribution in [1.29, 1.82) is 0 Å². The summed E-state index contributed by atoms with van der Waals surface area (Å²) < 4.78 is 13.6. The molecule has 0 aliphatic rings. The fourth-order valence-electron chi connectivity index (χ4n) is 1.96. The van der Waals surface area contributed by atoms with E-state index in [0.29, 0.717) is 22.9 Å². The van der Waals surface area contributed by atoms with Gasteiger partial charge in [-0.05, 0) is 44.0 Å². The molecular weight excluding hydrogens is 279 g/mol. The Morgan fingerprint density at radius 1 is 1.15 bits per heavy atom. The van der Waals surface area contributed by atoms with Crippen LogP contribution in [0.3, 0.4) is 0 Å². The minimum Gasteiger partial charge on any atom is -0.341 e. The Balaban J connectivity index is 2.55. The summed E-state index contributed by atoms with van der Waals surface area (Å²) in [4.78, 5) is 14.6. The molecule has 0 saturated heterocycles. The van der Waals surface area contributed by atoms with Crippen LogP contribution in [0.5, 0.6) is 0 Å². The molecule has 0 saturated carbocycles. The van der Waals surface area contributed by atoms with Crippen LogP contribution in [0, 0.1) is 12.7 Å². The van der Waals surface area contributed by atoms with E-state index in [1.807, 2.05) is 18.7 Å². The summed E-state index contributed by atoms with van der Waals surface area (Å²) in [6.45, 7) is 7.23. The topological polar surface area (TPSA) is 41.9 Å². The van der Waals surface area contributed by atoms with Crippen LogP contribution >= 0.6 is 11.6 Å². The van der Waals surface area contributed by atoms with Crippen LogP contribution in [-0.4, -0.2) is 28.0 Å². The van der Waals surface area contributed by atoms with Gasteiger partial charge in [0.15, 0.2) is 5.82 Å². The van der Waals surface area contributed by atoms with E-state index in [-0.39, 0.29) is 11.1 Å². The summed E-state index contributed by atoms with van der Waals surface area (Å²) in [5.41, 5.74) is 1.13. The number of hydrogen-bond donors (Lipinski definition) is 0. The van der Waals surface area contributed by atoms with Gasteiger partial charge in [0.05, 0.1) is 0 Å². The Hall–Kier alpha value is -1.75. The van der Waals surface area contributed by atoms with E-state index in [1.165, 1.54) is 6.07 Å². The molecule has 20 heavy (non-hydrogen) atoms. The number of aromatic nitrogens is 3. The lowest BCUT2D eigenvalue weighted by molar-refractivity contribution is 0.619. The molecule has 6 heteroatoms. The highest BCUT2D eigenvalue weighted by Crippen LogP contribution is 2.24. The first-order valence-corrected chi connectivity index (χ1v) is 6.86. The molecule has 0 radical (unpaired) electrons. The highest BCUT2D eigenvalue weighted by molar-refractivity contribution is 6.28. The van der Waals surface area contributed by atoms with Crippen molar-refractivity contribution in [3.8, 4) is 11.4 Å². The third-order valence-electron chi connectivity index (χ3n) is 3.15. The lowest BCUT2D eigenvalue weighted by Crippen LogP contribution is -2.24. The zero-order valence-electron chi connectivity index (χ0n) is 11.7. The zero-order chi connectivity index (χ0) is 14.7. The normalized spacial score (nSPS) is 10.7. The Bertz CT molecular complexity index is 614. The van der Waals surface area contributed by atoms with E-state index >= 15 is 0 Å². The average Bonchev–Trinajstić information content (AvgIpc) is 2.42. The largest absolute Gasteiger partial charge is 0.341 e. The van der Waals surface area contributed by atoms with E-state index in [9.17, 15) is 4.39 Å². The van der Waals surface area contributed by atoms with Crippen molar-refractivity contribution in [2.24, 2.45) is 0 Å². The first kappa shape index (κ1) is 14.7. The Kier molecular flexibility index (Phi) is 4.49. The van der Waals surface area contributed by atoms with Crippen LogP contribution in [0.1, 0.15) is 19.4 Å². The highest BCUT2D eigenvalue weighted by Gasteiger charge is 2.14. The Morgan fingerprint density at radius 3 is 2.50 bits per heavy atom. The van der Waals surface area contributed by atoms with Gasteiger partial charge in [0, 0.05) is 18.7 Å². The second-order valence-corrected chi connectivity index (χ2v) is 4.65. The fourth-order valence-corrected chi connectivity index (χ4v) is 2.11. The van der Waals surface area contributed by atoms with Crippen LogP contribution < -0.4 is 4.90 Å². The van der Waals surface area contributed by atoms with E-state index in [4.69, 9.17) is 11.6 Å². The van der Waals surface area contributed by atoms with Gasteiger partial charge < -0.3 is 4.90 Å². The predicted molar refractivity (Wildman–Crippen MR) is 78.5 cm³/mol. The highest BCUT2D eigenvalue weighted by atomic mass is 35.5. The minimum absolute atomic E-state index is 0.112. The molecule has 0 aliphatic carbocycles. The van der Waals surface area contributed by atoms with E-state index in [0.717, 1.165) is 13.1 Å². The van der Waals surface area contributed by atoms with Crippen molar-refractivity contribution in [2.45, 2.75) is 20.8 Å². The summed E-state index contributed by atoms with van der Waals surface area (Å²) in [5.74, 6) is 0.612. The van der Waals surface area contributed by atoms with Crippen molar-refractivity contribution < 1.29 is 4.39 Å². The molecule has 0 atom stereocenters. The number of hydrogen-bond acceptors (Lipinski definition) is 4. The maximum atomic E-state index is 13.6. The lowest BCUT2D eigenvalue weighted by atomic mass is 10.1. The molecule has 0 bridgehead atoms. The molecule has 106 valence electrons. The van der Waals surface area contributed by atoms with Crippen molar-refractivity contribution in [3.05, 3.63) is 34.9 Å². The molecule has 1 aromatic heterocycles. The first-order valence-electron chi connectivity index (χ1n) is 6.48. The maximum absolute atomic E-state index is 13.6. The molecule has 1 heterocycles. The van der Waals surface area contributed by atoms with Crippen molar-refractivity contribution in [2.75, 3.05) is 18.0 Å². The van der Waals surface area contributed by atoms with Crippen LogP contribution in [0.15, 0.2) is 18.2 Å². The van der Waals surface area contributed by atoms with E-state index < -0.39 is 0 Å². The van der Waals surface area contributed by atoms with Crippen LogP contribution in [0.2, 0.25) is 5.28 Å². The molecule has 0 amide bonds. The number of rotatable bonds is 4. The summed E-state index contributed by atoms with van der Waals surface area (Å²) in [6, 6.07) is 4.81. The van der Waals surface area contributed by atoms with E-state index in [1.54, 1.807) is 19.1 Å². The SMILES string of the molecule is CCN(CC)c1nc(Cl)nc(-c2cccc(F)c2C)n1. The van der Waals surface area contributed by atoms with Gasteiger partial charge in [0.2, 0.25) is 11.2 Å². The number of benzene rings is 1. The van der Waals surface area contributed by atoms with Gasteiger partial charge >= 0.3 is 0 Å². The second-order valence-electron chi connectivity index (χ2n) is 4.31. The average molecular weight is 295 g/mol. The van der Waals surface area contributed by atoms with Crippen LogP contribution in [0.25, 0.3) is 11.4 Å². The molecule has 0 N–H and O–H groups in total. The number of halogens is 2. The molecule has 1 aromatic carbocycles. The fraction of sp³-hybridized carbons (Fsp3) is 0.357. The minimum atomic E-state index is -0.288. The van der Waals surface area contributed by atoms with Crippen LogP contribution in [0.4, 0.5) is 10.3 Å².